The van der Waals surface area contributed by atoms with E-state index in [9.17, 15) is 4.79 Å². The van der Waals surface area contributed by atoms with Crippen molar-refractivity contribution in [3.63, 3.8) is 0 Å². The number of likely N-dealkylation sites (tertiary alicyclic amines) is 1. The molecule has 2 heterocycles. The van der Waals surface area contributed by atoms with Gasteiger partial charge in [-0.2, -0.15) is 0 Å². The minimum Gasteiger partial charge on any atom is -0.381 e. The topological polar surface area (TPSA) is 29.5 Å². The van der Waals surface area contributed by atoms with Crippen LogP contribution in [-0.4, -0.2) is 36.6 Å². The molecule has 1 aromatic rings. The molecular weight excluding hydrogens is 298 g/mol. The lowest BCUT2D eigenvalue weighted by Crippen LogP contribution is -2.48. The van der Waals surface area contributed by atoms with Crippen LogP contribution in [0, 0.1) is 17.3 Å². The van der Waals surface area contributed by atoms with Crippen LogP contribution in [0.15, 0.2) is 30.3 Å². The van der Waals surface area contributed by atoms with Crippen molar-refractivity contribution in [2.24, 2.45) is 17.3 Å². The van der Waals surface area contributed by atoms with Crippen LogP contribution < -0.4 is 0 Å². The van der Waals surface area contributed by atoms with Gasteiger partial charge < -0.3 is 9.64 Å². The SMILES string of the molecule is C[C@@H]1[C@H](Cc2ccccc2)CCN1C(=O)C(C)(C)C1CCOCC1. The highest BCUT2D eigenvalue weighted by molar-refractivity contribution is 5.83. The zero-order valence-electron chi connectivity index (χ0n) is 15.3. The van der Waals surface area contributed by atoms with E-state index in [1.807, 2.05) is 0 Å². The van der Waals surface area contributed by atoms with Crippen LogP contribution in [0.4, 0.5) is 0 Å². The van der Waals surface area contributed by atoms with E-state index in [1.54, 1.807) is 0 Å². The fraction of sp³-hybridized carbons (Fsp3) is 0.667. The van der Waals surface area contributed by atoms with Crippen molar-refractivity contribution in [2.75, 3.05) is 19.8 Å². The van der Waals surface area contributed by atoms with Gasteiger partial charge in [0.05, 0.1) is 0 Å². The highest BCUT2D eigenvalue weighted by Gasteiger charge is 2.44. The summed E-state index contributed by atoms with van der Waals surface area (Å²) in [6.45, 7) is 9.02. The van der Waals surface area contributed by atoms with Gasteiger partial charge in [0.25, 0.3) is 0 Å². The molecule has 3 nitrogen and oxygen atoms in total. The number of rotatable bonds is 4. The summed E-state index contributed by atoms with van der Waals surface area (Å²) in [5.41, 5.74) is 1.10. The number of carbonyl (C=O) groups is 1. The summed E-state index contributed by atoms with van der Waals surface area (Å²) in [6, 6.07) is 11.0. The molecule has 2 aliphatic rings. The van der Waals surface area contributed by atoms with Gasteiger partial charge in [-0.15, -0.1) is 0 Å². The summed E-state index contributed by atoms with van der Waals surface area (Å²) >= 11 is 0. The number of carbonyl (C=O) groups excluding carboxylic acids is 1. The molecule has 3 heteroatoms. The van der Waals surface area contributed by atoms with E-state index in [1.165, 1.54) is 5.56 Å². The number of ether oxygens (including phenoxy) is 1. The first-order valence-electron chi connectivity index (χ1n) is 9.43. The first-order valence-corrected chi connectivity index (χ1v) is 9.43. The second kappa shape index (κ2) is 7.26. The van der Waals surface area contributed by atoms with E-state index >= 15 is 0 Å². The third-order valence-electron chi connectivity index (χ3n) is 6.31. The van der Waals surface area contributed by atoms with Crippen molar-refractivity contribution in [1.82, 2.24) is 4.90 Å². The Hall–Kier alpha value is -1.35. The van der Waals surface area contributed by atoms with E-state index in [0.29, 0.717) is 23.8 Å². The molecule has 2 fully saturated rings. The quantitative estimate of drug-likeness (QED) is 0.838. The number of nitrogens with zero attached hydrogens (tertiary/aromatic N) is 1. The van der Waals surface area contributed by atoms with Gasteiger partial charge in [-0.1, -0.05) is 44.2 Å². The lowest BCUT2D eigenvalue weighted by atomic mass is 9.73. The van der Waals surface area contributed by atoms with Crippen LogP contribution in [0.3, 0.4) is 0 Å². The molecule has 0 aromatic heterocycles. The van der Waals surface area contributed by atoms with Crippen LogP contribution in [-0.2, 0) is 16.0 Å². The maximum Gasteiger partial charge on any atom is 0.228 e. The van der Waals surface area contributed by atoms with Crippen molar-refractivity contribution in [3.05, 3.63) is 35.9 Å². The molecule has 1 amide bonds. The number of benzene rings is 1. The van der Waals surface area contributed by atoms with E-state index < -0.39 is 0 Å². The van der Waals surface area contributed by atoms with Gasteiger partial charge in [0.15, 0.2) is 0 Å². The molecule has 0 unspecified atom stereocenters. The van der Waals surface area contributed by atoms with Crippen LogP contribution >= 0.6 is 0 Å². The summed E-state index contributed by atoms with van der Waals surface area (Å²) in [4.78, 5) is 15.4. The molecule has 132 valence electrons. The summed E-state index contributed by atoms with van der Waals surface area (Å²) in [7, 11) is 0. The van der Waals surface area contributed by atoms with E-state index in [2.05, 4.69) is 56.0 Å². The lowest BCUT2D eigenvalue weighted by molar-refractivity contribution is -0.146. The van der Waals surface area contributed by atoms with Gasteiger partial charge in [-0.25, -0.2) is 0 Å². The maximum absolute atomic E-state index is 13.3. The third-order valence-corrected chi connectivity index (χ3v) is 6.31. The van der Waals surface area contributed by atoms with Gasteiger partial charge in [0.1, 0.15) is 0 Å². The van der Waals surface area contributed by atoms with Crippen LogP contribution in [0.25, 0.3) is 0 Å². The Kier molecular flexibility index (Phi) is 5.29. The first-order chi connectivity index (χ1) is 11.5. The van der Waals surface area contributed by atoms with Crippen molar-refractivity contribution in [1.29, 1.82) is 0 Å². The number of hydrogen-bond donors (Lipinski definition) is 0. The molecule has 0 bridgehead atoms. The zero-order chi connectivity index (χ0) is 17.2. The fourth-order valence-electron chi connectivity index (χ4n) is 4.44. The van der Waals surface area contributed by atoms with Crippen LogP contribution in [0.2, 0.25) is 0 Å². The monoisotopic (exact) mass is 329 g/mol. The summed E-state index contributed by atoms with van der Waals surface area (Å²) in [5.74, 6) is 1.36. The Morgan fingerprint density at radius 1 is 1.17 bits per heavy atom. The molecule has 0 spiro atoms. The molecule has 0 saturated carbocycles. The molecule has 3 rings (SSSR count). The average molecular weight is 329 g/mol. The van der Waals surface area contributed by atoms with Crippen LogP contribution in [0.1, 0.15) is 45.6 Å². The Morgan fingerprint density at radius 3 is 2.50 bits per heavy atom. The molecule has 24 heavy (non-hydrogen) atoms. The average Bonchev–Trinajstić information content (AvgIpc) is 2.96. The molecule has 0 radical (unpaired) electrons. The first kappa shape index (κ1) is 17.5. The summed E-state index contributed by atoms with van der Waals surface area (Å²) in [6.07, 6.45) is 4.21. The Bertz CT molecular complexity index is 548. The van der Waals surface area contributed by atoms with E-state index in [4.69, 9.17) is 4.74 Å². The number of amides is 1. The fourth-order valence-corrected chi connectivity index (χ4v) is 4.44. The van der Waals surface area contributed by atoms with E-state index in [-0.39, 0.29) is 5.41 Å². The summed E-state index contributed by atoms with van der Waals surface area (Å²) < 4.78 is 5.48. The molecule has 2 saturated heterocycles. The highest BCUT2D eigenvalue weighted by Crippen LogP contribution is 2.39. The van der Waals surface area contributed by atoms with Crippen molar-refractivity contribution >= 4 is 5.91 Å². The van der Waals surface area contributed by atoms with Crippen molar-refractivity contribution in [2.45, 2.75) is 52.5 Å². The second-order valence-electron chi connectivity index (χ2n) is 8.09. The molecule has 2 aliphatic heterocycles. The van der Waals surface area contributed by atoms with E-state index in [0.717, 1.165) is 45.4 Å². The largest absolute Gasteiger partial charge is 0.381 e. The van der Waals surface area contributed by atoms with Gasteiger partial charge in [-0.3, -0.25) is 4.79 Å². The molecule has 0 aliphatic carbocycles. The molecule has 0 N–H and O–H groups in total. The molecule has 1 aromatic carbocycles. The summed E-state index contributed by atoms with van der Waals surface area (Å²) in [5, 5.41) is 0. The Labute approximate surface area is 146 Å². The predicted octanol–water partition coefficient (Wildman–Crippen LogP) is 3.92. The van der Waals surface area contributed by atoms with Gasteiger partial charge in [-0.05, 0) is 50.0 Å². The lowest BCUT2D eigenvalue weighted by Gasteiger charge is -2.39. The zero-order valence-corrected chi connectivity index (χ0v) is 15.3. The smallest absolute Gasteiger partial charge is 0.228 e. The molecular formula is C21H31NO2. The number of hydrogen-bond acceptors (Lipinski definition) is 2. The van der Waals surface area contributed by atoms with Gasteiger partial charge in [0, 0.05) is 31.2 Å². The Morgan fingerprint density at radius 2 is 1.83 bits per heavy atom. The third kappa shape index (κ3) is 3.51. The predicted molar refractivity (Wildman–Crippen MR) is 96.8 cm³/mol. The minimum atomic E-state index is -0.278. The standard InChI is InChI=1S/C21H31NO2/c1-16-18(15-17-7-5-4-6-8-17)9-12-22(16)20(23)21(2,3)19-10-13-24-14-11-19/h4-8,16,18-19H,9-15H2,1-3H3/t16-,18+/m1/s1. The van der Waals surface area contributed by atoms with Gasteiger partial charge in [0.2, 0.25) is 5.91 Å². The van der Waals surface area contributed by atoms with Gasteiger partial charge >= 0.3 is 0 Å². The minimum absolute atomic E-state index is 0.278. The Balaban J connectivity index is 1.65. The van der Waals surface area contributed by atoms with Crippen molar-refractivity contribution in [3.8, 4) is 0 Å². The van der Waals surface area contributed by atoms with Crippen molar-refractivity contribution < 1.29 is 9.53 Å². The highest BCUT2D eigenvalue weighted by atomic mass is 16.5. The second-order valence-corrected chi connectivity index (χ2v) is 8.09. The normalized spacial score (nSPS) is 25.9. The maximum atomic E-state index is 13.3. The molecule has 2 atom stereocenters. The van der Waals surface area contributed by atoms with Crippen LogP contribution in [0.5, 0.6) is 0 Å².